The van der Waals surface area contributed by atoms with Crippen molar-refractivity contribution in [1.82, 2.24) is 10.2 Å². The summed E-state index contributed by atoms with van der Waals surface area (Å²) in [6, 6.07) is 2.91. The minimum absolute atomic E-state index is 0.195. The SMILES string of the molecule is CC(C)(CNC(=O)c1cc(F)ccc1F)N1CCCCC1. The quantitative estimate of drug-likeness (QED) is 0.926. The summed E-state index contributed by atoms with van der Waals surface area (Å²) in [5, 5.41) is 2.72. The summed E-state index contributed by atoms with van der Waals surface area (Å²) in [5.41, 5.74) is -0.440. The number of nitrogens with one attached hydrogen (secondary N) is 1. The smallest absolute Gasteiger partial charge is 0.254 e. The van der Waals surface area contributed by atoms with Gasteiger partial charge in [-0.1, -0.05) is 6.42 Å². The molecule has 116 valence electrons. The average Bonchev–Trinajstić information content (AvgIpc) is 2.48. The van der Waals surface area contributed by atoms with Gasteiger partial charge in [0.25, 0.3) is 5.91 Å². The van der Waals surface area contributed by atoms with E-state index in [-0.39, 0.29) is 11.1 Å². The Morgan fingerprint density at radius 1 is 1.24 bits per heavy atom. The maximum absolute atomic E-state index is 13.6. The first-order chi connectivity index (χ1) is 9.90. The van der Waals surface area contributed by atoms with E-state index in [1.54, 1.807) is 0 Å². The molecule has 5 heteroatoms. The topological polar surface area (TPSA) is 32.3 Å². The molecule has 0 radical (unpaired) electrons. The second kappa shape index (κ2) is 6.52. The monoisotopic (exact) mass is 296 g/mol. The third-order valence-corrected chi connectivity index (χ3v) is 4.07. The highest BCUT2D eigenvalue weighted by atomic mass is 19.1. The molecule has 1 aliphatic heterocycles. The molecule has 1 aliphatic rings. The van der Waals surface area contributed by atoms with Gasteiger partial charge in [0.2, 0.25) is 0 Å². The van der Waals surface area contributed by atoms with Gasteiger partial charge in [-0.15, -0.1) is 0 Å². The van der Waals surface area contributed by atoms with E-state index < -0.39 is 17.5 Å². The van der Waals surface area contributed by atoms with Crippen molar-refractivity contribution in [2.45, 2.75) is 38.6 Å². The molecule has 21 heavy (non-hydrogen) atoms. The number of carbonyl (C=O) groups excluding carboxylic acids is 1. The molecule has 0 aromatic heterocycles. The number of benzene rings is 1. The van der Waals surface area contributed by atoms with Crippen molar-refractivity contribution < 1.29 is 13.6 Å². The Hall–Kier alpha value is -1.49. The first-order valence-electron chi connectivity index (χ1n) is 7.38. The number of amides is 1. The van der Waals surface area contributed by atoms with E-state index >= 15 is 0 Å². The fourth-order valence-electron chi connectivity index (χ4n) is 2.67. The molecular weight excluding hydrogens is 274 g/mol. The normalized spacial score (nSPS) is 16.8. The maximum Gasteiger partial charge on any atom is 0.254 e. The zero-order valence-electron chi connectivity index (χ0n) is 12.6. The number of rotatable bonds is 4. The van der Waals surface area contributed by atoms with Crippen LogP contribution in [0.2, 0.25) is 0 Å². The number of hydrogen-bond donors (Lipinski definition) is 1. The van der Waals surface area contributed by atoms with Crippen molar-refractivity contribution >= 4 is 5.91 Å². The fraction of sp³-hybridized carbons (Fsp3) is 0.562. The van der Waals surface area contributed by atoms with Crippen LogP contribution in [0.15, 0.2) is 18.2 Å². The maximum atomic E-state index is 13.6. The Morgan fingerprint density at radius 3 is 2.57 bits per heavy atom. The Kier molecular flexibility index (Phi) is 4.93. The Morgan fingerprint density at radius 2 is 1.90 bits per heavy atom. The number of halogens is 2. The lowest BCUT2D eigenvalue weighted by Crippen LogP contribution is -2.53. The Bertz CT molecular complexity index is 511. The zero-order valence-corrected chi connectivity index (χ0v) is 12.6. The molecule has 1 N–H and O–H groups in total. The molecule has 1 aromatic rings. The van der Waals surface area contributed by atoms with Gasteiger partial charge in [0.1, 0.15) is 11.6 Å². The van der Waals surface area contributed by atoms with Crippen LogP contribution in [0.25, 0.3) is 0 Å². The molecule has 1 fully saturated rings. The van der Waals surface area contributed by atoms with Gasteiger partial charge in [-0.3, -0.25) is 9.69 Å². The van der Waals surface area contributed by atoms with Crippen LogP contribution in [-0.2, 0) is 0 Å². The lowest BCUT2D eigenvalue weighted by Gasteiger charge is -2.41. The van der Waals surface area contributed by atoms with Gasteiger partial charge < -0.3 is 5.32 Å². The molecular formula is C16H22F2N2O. The summed E-state index contributed by atoms with van der Waals surface area (Å²) in [6.07, 6.45) is 3.57. The first-order valence-corrected chi connectivity index (χ1v) is 7.38. The largest absolute Gasteiger partial charge is 0.350 e. The van der Waals surface area contributed by atoms with Crippen LogP contribution < -0.4 is 5.32 Å². The summed E-state index contributed by atoms with van der Waals surface area (Å²) >= 11 is 0. The third-order valence-electron chi connectivity index (χ3n) is 4.07. The van der Waals surface area contributed by atoms with Crippen molar-refractivity contribution in [3.05, 3.63) is 35.4 Å². The molecule has 2 rings (SSSR count). The van der Waals surface area contributed by atoms with Crippen molar-refractivity contribution in [1.29, 1.82) is 0 Å². The Labute approximate surface area is 124 Å². The molecule has 1 aromatic carbocycles. The van der Waals surface area contributed by atoms with Crippen LogP contribution in [0.3, 0.4) is 0 Å². The zero-order chi connectivity index (χ0) is 15.5. The molecule has 0 aliphatic carbocycles. The number of hydrogen-bond acceptors (Lipinski definition) is 2. The second-order valence-corrected chi connectivity index (χ2v) is 6.17. The highest BCUT2D eigenvalue weighted by Gasteiger charge is 2.28. The molecule has 0 saturated carbocycles. The van der Waals surface area contributed by atoms with E-state index in [1.165, 1.54) is 6.42 Å². The van der Waals surface area contributed by atoms with E-state index in [4.69, 9.17) is 0 Å². The summed E-state index contributed by atoms with van der Waals surface area (Å²) in [5.74, 6) is -1.89. The van der Waals surface area contributed by atoms with Crippen LogP contribution in [0.5, 0.6) is 0 Å². The van der Waals surface area contributed by atoms with Gasteiger partial charge in [-0.2, -0.15) is 0 Å². The van der Waals surface area contributed by atoms with E-state index in [2.05, 4.69) is 24.1 Å². The highest BCUT2D eigenvalue weighted by molar-refractivity contribution is 5.94. The van der Waals surface area contributed by atoms with Gasteiger partial charge in [0.05, 0.1) is 5.56 Å². The number of carbonyl (C=O) groups is 1. The predicted octanol–water partition coefficient (Wildman–Crippen LogP) is 2.96. The molecule has 1 amide bonds. The van der Waals surface area contributed by atoms with Crippen molar-refractivity contribution in [2.75, 3.05) is 19.6 Å². The van der Waals surface area contributed by atoms with Gasteiger partial charge in [-0.25, -0.2) is 8.78 Å². The molecule has 0 unspecified atom stereocenters. The lowest BCUT2D eigenvalue weighted by molar-refractivity contribution is 0.0794. The van der Waals surface area contributed by atoms with E-state index in [9.17, 15) is 13.6 Å². The minimum Gasteiger partial charge on any atom is -0.350 e. The summed E-state index contributed by atoms with van der Waals surface area (Å²) in [6.45, 7) is 6.54. The van der Waals surface area contributed by atoms with Crippen LogP contribution >= 0.6 is 0 Å². The van der Waals surface area contributed by atoms with Gasteiger partial charge >= 0.3 is 0 Å². The standard InChI is InChI=1S/C16H22F2N2O/c1-16(2,20-8-4-3-5-9-20)11-19-15(21)13-10-12(17)6-7-14(13)18/h6-7,10H,3-5,8-9,11H2,1-2H3,(H,19,21). The lowest BCUT2D eigenvalue weighted by atomic mass is 9.98. The highest BCUT2D eigenvalue weighted by Crippen LogP contribution is 2.20. The van der Waals surface area contributed by atoms with E-state index in [0.717, 1.165) is 44.1 Å². The molecule has 1 heterocycles. The number of piperidine rings is 1. The van der Waals surface area contributed by atoms with Crippen molar-refractivity contribution in [2.24, 2.45) is 0 Å². The summed E-state index contributed by atoms with van der Waals surface area (Å²) in [4.78, 5) is 14.3. The average molecular weight is 296 g/mol. The summed E-state index contributed by atoms with van der Waals surface area (Å²) in [7, 11) is 0. The molecule has 0 spiro atoms. The van der Waals surface area contributed by atoms with Crippen molar-refractivity contribution in [3.63, 3.8) is 0 Å². The van der Waals surface area contributed by atoms with Crippen LogP contribution in [0.1, 0.15) is 43.5 Å². The van der Waals surface area contributed by atoms with Gasteiger partial charge in [0, 0.05) is 12.1 Å². The molecule has 0 atom stereocenters. The minimum atomic E-state index is -0.704. The van der Waals surface area contributed by atoms with Crippen LogP contribution in [0, 0.1) is 11.6 Å². The Balaban J connectivity index is 1.98. The molecule has 3 nitrogen and oxygen atoms in total. The molecule has 0 bridgehead atoms. The fourth-order valence-corrected chi connectivity index (χ4v) is 2.67. The van der Waals surface area contributed by atoms with Crippen LogP contribution in [0.4, 0.5) is 8.78 Å². The first kappa shape index (κ1) is 15.9. The second-order valence-electron chi connectivity index (χ2n) is 6.17. The van der Waals surface area contributed by atoms with Gasteiger partial charge in [0.15, 0.2) is 0 Å². The third kappa shape index (κ3) is 4.00. The number of nitrogens with zero attached hydrogens (tertiary/aromatic N) is 1. The van der Waals surface area contributed by atoms with E-state index in [1.807, 2.05) is 0 Å². The van der Waals surface area contributed by atoms with E-state index in [0.29, 0.717) is 6.54 Å². The summed E-state index contributed by atoms with van der Waals surface area (Å²) < 4.78 is 26.7. The van der Waals surface area contributed by atoms with Crippen LogP contribution in [-0.4, -0.2) is 36.0 Å². The number of likely N-dealkylation sites (tertiary alicyclic amines) is 1. The molecule has 1 saturated heterocycles. The predicted molar refractivity (Wildman–Crippen MR) is 78.2 cm³/mol. The van der Waals surface area contributed by atoms with Gasteiger partial charge in [-0.05, 0) is 58.0 Å². The van der Waals surface area contributed by atoms with Crippen molar-refractivity contribution in [3.8, 4) is 0 Å².